The van der Waals surface area contributed by atoms with Crippen molar-refractivity contribution in [3.05, 3.63) is 18.2 Å². The van der Waals surface area contributed by atoms with Crippen molar-refractivity contribution in [2.75, 3.05) is 26.2 Å². The van der Waals surface area contributed by atoms with Crippen LogP contribution in [-0.4, -0.2) is 63.6 Å². The summed E-state index contributed by atoms with van der Waals surface area (Å²) in [7, 11) is 2.02. The van der Waals surface area contributed by atoms with Gasteiger partial charge in [-0.15, -0.1) is 0 Å². The minimum atomic E-state index is 0.190. The summed E-state index contributed by atoms with van der Waals surface area (Å²) in [5, 5.41) is 0. The third-order valence-electron chi connectivity index (χ3n) is 5.41. The Balaban J connectivity index is 1.58. The lowest BCUT2D eigenvalue weighted by Gasteiger charge is -2.40. The summed E-state index contributed by atoms with van der Waals surface area (Å²) >= 11 is 0. The van der Waals surface area contributed by atoms with Gasteiger partial charge in [-0.05, 0) is 32.7 Å². The number of imidazole rings is 1. The van der Waals surface area contributed by atoms with E-state index in [9.17, 15) is 4.79 Å². The van der Waals surface area contributed by atoms with E-state index in [2.05, 4.69) is 28.3 Å². The predicted molar refractivity (Wildman–Crippen MR) is 92.6 cm³/mol. The number of hydrogen-bond acceptors (Lipinski definition) is 4. The molecule has 1 amide bonds. The van der Waals surface area contributed by atoms with Gasteiger partial charge in [0.05, 0.1) is 18.2 Å². The second-order valence-electron chi connectivity index (χ2n) is 7.07. The fraction of sp³-hybridized carbons (Fsp3) is 0.778. The number of rotatable bonds is 5. The van der Waals surface area contributed by atoms with Gasteiger partial charge in [-0.25, -0.2) is 4.98 Å². The molecule has 6 heteroatoms. The van der Waals surface area contributed by atoms with Gasteiger partial charge in [0.15, 0.2) is 0 Å². The highest BCUT2D eigenvalue weighted by Gasteiger charge is 2.32. The number of carbonyl (C=O) groups excluding carboxylic acids is 1. The van der Waals surface area contributed by atoms with Crippen molar-refractivity contribution in [3.63, 3.8) is 0 Å². The predicted octanol–water partition coefficient (Wildman–Crippen LogP) is 1.97. The summed E-state index contributed by atoms with van der Waals surface area (Å²) in [4.78, 5) is 21.6. The molecule has 0 unspecified atom stereocenters. The second-order valence-corrected chi connectivity index (χ2v) is 7.07. The molecule has 1 aromatic rings. The van der Waals surface area contributed by atoms with Crippen LogP contribution in [0.15, 0.2) is 12.4 Å². The SMILES string of the molecule is CCN1CCN(C(=O)CC[C@@H]2CC[C@H](C)O2)C[C@@H]1c1nccn1C. The van der Waals surface area contributed by atoms with E-state index in [-0.39, 0.29) is 18.1 Å². The first kappa shape index (κ1) is 17.4. The summed E-state index contributed by atoms with van der Waals surface area (Å²) in [6, 6.07) is 0.190. The summed E-state index contributed by atoms with van der Waals surface area (Å²) in [6.45, 7) is 7.73. The Kier molecular flexibility index (Phi) is 5.56. The molecule has 134 valence electrons. The Hall–Kier alpha value is -1.40. The van der Waals surface area contributed by atoms with Crippen LogP contribution in [0.3, 0.4) is 0 Å². The molecule has 0 bridgehead atoms. The van der Waals surface area contributed by atoms with Gasteiger partial charge in [-0.2, -0.15) is 0 Å². The van der Waals surface area contributed by atoms with E-state index in [4.69, 9.17) is 4.74 Å². The fourth-order valence-corrected chi connectivity index (χ4v) is 3.91. The quantitative estimate of drug-likeness (QED) is 0.826. The number of hydrogen-bond donors (Lipinski definition) is 0. The third kappa shape index (κ3) is 3.81. The Labute approximate surface area is 144 Å². The highest BCUT2D eigenvalue weighted by Crippen LogP contribution is 2.26. The maximum absolute atomic E-state index is 12.7. The number of carbonyl (C=O) groups is 1. The Morgan fingerprint density at radius 3 is 2.83 bits per heavy atom. The third-order valence-corrected chi connectivity index (χ3v) is 5.41. The largest absolute Gasteiger partial charge is 0.375 e. The average molecular weight is 334 g/mol. The molecule has 24 heavy (non-hydrogen) atoms. The summed E-state index contributed by atoms with van der Waals surface area (Å²) in [6.07, 6.45) is 8.09. The molecule has 2 saturated heterocycles. The number of amides is 1. The van der Waals surface area contributed by atoms with E-state index >= 15 is 0 Å². The Morgan fingerprint density at radius 1 is 1.38 bits per heavy atom. The summed E-state index contributed by atoms with van der Waals surface area (Å²) < 4.78 is 7.90. The molecule has 2 aliphatic heterocycles. The van der Waals surface area contributed by atoms with Crippen molar-refractivity contribution in [1.82, 2.24) is 19.4 Å². The van der Waals surface area contributed by atoms with Gasteiger partial charge in [0.2, 0.25) is 5.91 Å². The molecule has 0 aliphatic carbocycles. The molecule has 3 heterocycles. The van der Waals surface area contributed by atoms with Gasteiger partial charge in [0, 0.05) is 45.5 Å². The minimum Gasteiger partial charge on any atom is -0.375 e. The molecule has 0 aromatic carbocycles. The van der Waals surface area contributed by atoms with Crippen molar-refractivity contribution >= 4 is 5.91 Å². The molecule has 1 aromatic heterocycles. The van der Waals surface area contributed by atoms with Gasteiger partial charge < -0.3 is 14.2 Å². The highest BCUT2D eigenvalue weighted by atomic mass is 16.5. The lowest BCUT2D eigenvalue weighted by atomic mass is 10.1. The van der Waals surface area contributed by atoms with E-state index in [1.165, 1.54) is 0 Å². The zero-order chi connectivity index (χ0) is 17.1. The zero-order valence-electron chi connectivity index (χ0n) is 15.1. The van der Waals surface area contributed by atoms with Gasteiger partial charge in [0.1, 0.15) is 5.82 Å². The topological polar surface area (TPSA) is 50.6 Å². The maximum atomic E-state index is 12.7. The molecule has 3 rings (SSSR count). The first-order chi connectivity index (χ1) is 11.6. The number of aromatic nitrogens is 2. The first-order valence-electron chi connectivity index (χ1n) is 9.23. The van der Waals surface area contributed by atoms with E-state index in [1.54, 1.807) is 0 Å². The molecular formula is C18H30N4O2. The molecule has 0 N–H and O–H groups in total. The summed E-state index contributed by atoms with van der Waals surface area (Å²) in [5.74, 6) is 1.30. The van der Waals surface area contributed by atoms with Crippen molar-refractivity contribution in [2.45, 2.75) is 57.8 Å². The van der Waals surface area contributed by atoms with Crippen LogP contribution >= 0.6 is 0 Å². The second kappa shape index (κ2) is 7.66. The molecular weight excluding hydrogens is 304 g/mol. The average Bonchev–Trinajstić information content (AvgIpc) is 3.20. The number of nitrogens with zero attached hydrogens (tertiary/aromatic N) is 4. The van der Waals surface area contributed by atoms with Crippen LogP contribution in [0.1, 0.15) is 51.4 Å². The molecule has 3 atom stereocenters. The van der Waals surface area contributed by atoms with E-state index < -0.39 is 0 Å². The van der Waals surface area contributed by atoms with Crippen molar-refractivity contribution in [3.8, 4) is 0 Å². The fourth-order valence-electron chi connectivity index (χ4n) is 3.91. The number of piperazine rings is 1. The zero-order valence-corrected chi connectivity index (χ0v) is 15.1. The number of likely N-dealkylation sites (N-methyl/N-ethyl adjacent to an activating group) is 1. The number of ether oxygens (including phenoxy) is 1. The molecule has 0 radical (unpaired) electrons. The molecule has 0 saturated carbocycles. The molecule has 2 fully saturated rings. The van der Waals surface area contributed by atoms with Crippen LogP contribution in [0.2, 0.25) is 0 Å². The van der Waals surface area contributed by atoms with Crippen molar-refractivity contribution in [1.29, 1.82) is 0 Å². The van der Waals surface area contributed by atoms with Crippen LogP contribution in [-0.2, 0) is 16.6 Å². The van der Waals surface area contributed by atoms with Gasteiger partial charge >= 0.3 is 0 Å². The van der Waals surface area contributed by atoms with E-state index in [0.29, 0.717) is 12.5 Å². The summed E-state index contributed by atoms with van der Waals surface area (Å²) in [5.41, 5.74) is 0. The van der Waals surface area contributed by atoms with Crippen LogP contribution in [0.5, 0.6) is 0 Å². The van der Waals surface area contributed by atoms with Crippen molar-refractivity contribution in [2.24, 2.45) is 7.05 Å². The van der Waals surface area contributed by atoms with Crippen LogP contribution < -0.4 is 0 Å². The van der Waals surface area contributed by atoms with Gasteiger partial charge in [-0.1, -0.05) is 6.92 Å². The monoisotopic (exact) mass is 334 g/mol. The van der Waals surface area contributed by atoms with Crippen LogP contribution in [0.4, 0.5) is 0 Å². The minimum absolute atomic E-state index is 0.190. The highest BCUT2D eigenvalue weighted by molar-refractivity contribution is 5.76. The lowest BCUT2D eigenvalue weighted by molar-refractivity contribution is -0.135. The first-order valence-corrected chi connectivity index (χ1v) is 9.23. The van der Waals surface area contributed by atoms with E-state index in [1.807, 2.05) is 24.3 Å². The van der Waals surface area contributed by atoms with Crippen molar-refractivity contribution < 1.29 is 9.53 Å². The number of aryl methyl sites for hydroxylation is 1. The van der Waals surface area contributed by atoms with Crippen LogP contribution in [0.25, 0.3) is 0 Å². The lowest BCUT2D eigenvalue weighted by Crippen LogP contribution is -2.51. The van der Waals surface area contributed by atoms with Gasteiger partial charge in [0.25, 0.3) is 0 Å². The standard InChI is InChI=1S/C18H30N4O2/c1-4-21-11-12-22(13-16(21)18-19-9-10-20(18)3)17(23)8-7-15-6-5-14(2)24-15/h9-10,14-16H,4-8,11-13H2,1-3H3/t14-,15-,16+/m0/s1. The Morgan fingerprint density at radius 2 is 2.21 bits per heavy atom. The van der Waals surface area contributed by atoms with Gasteiger partial charge in [-0.3, -0.25) is 9.69 Å². The van der Waals surface area contributed by atoms with E-state index in [0.717, 1.165) is 51.3 Å². The Bertz CT molecular complexity index is 559. The van der Waals surface area contributed by atoms with Crippen LogP contribution in [0, 0.1) is 0 Å². The smallest absolute Gasteiger partial charge is 0.222 e. The maximum Gasteiger partial charge on any atom is 0.222 e. The normalized spacial score (nSPS) is 28.5. The molecule has 6 nitrogen and oxygen atoms in total. The molecule has 0 spiro atoms. The molecule has 2 aliphatic rings.